The Labute approximate surface area is 140 Å². The third-order valence-corrected chi connectivity index (χ3v) is 11.9. The molecule has 126 valence electrons. The van der Waals surface area contributed by atoms with E-state index in [9.17, 15) is 0 Å². The highest BCUT2D eigenvalue weighted by Crippen LogP contribution is 2.16. The zero-order valence-electron chi connectivity index (χ0n) is 15.7. The average Bonchev–Trinajstić information content (AvgIpc) is 2.50. The molecule has 1 aromatic rings. The van der Waals surface area contributed by atoms with E-state index in [1.54, 1.807) is 10.4 Å². The molecule has 0 atom stereocenters. The van der Waals surface area contributed by atoms with Gasteiger partial charge in [-0.3, -0.25) is 0 Å². The summed E-state index contributed by atoms with van der Waals surface area (Å²) in [5, 5.41) is 3.23. The highest BCUT2D eigenvalue weighted by Gasteiger charge is 2.25. The van der Waals surface area contributed by atoms with Gasteiger partial charge in [0, 0.05) is 13.2 Å². The number of ether oxygens (including phenoxy) is 1. The summed E-state index contributed by atoms with van der Waals surface area (Å²) in [6.07, 6.45) is 3.89. The van der Waals surface area contributed by atoms with Crippen LogP contribution in [0, 0.1) is 0 Å². The molecule has 0 aromatic heterocycles. The highest BCUT2D eigenvalue weighted by molar-refractivity contribution is 6.91. The van der Waals surface area contributed by atoms with Crippen LogP contribution in [-0.4, -0.2) is 29.4 Å². The minimum absolute atomic E-state index is 0.841. The summed E-state index contributed by atoms with van der Waals surface area (Å²) in [7, 11) is -2.52. The molecule has 0 aliphatic heterocycles. The molecule has 0 aliphatic rings. The van der Waals surface area contributed by atoms with Gasteiger partial charge in [-0.25, -0.2) is 0 Å². The van der Waals surface area contributed by atoms with Crippen LogP contribution in [0.15, 0.2) is 24.3 Å². The smallest absolute Gasteiger partial charge is 0.0807 e. The van der Waals surface area contributed by atoms with Gasteiger partial charge in [0.15, 0.2) is 0 Å². The predicted octanol–water partition coefficient (Wildman–Crippen LogP) is 4.74. The third kappa shape index (κ3) is 6.01. The van der Waals surface area contributed by atoms with Crippen LogP contribution in [-0.2, 0) is 4.74 Å². The fraction of sp³-hybridized carbons (Fsp3) is 0.684. The molecule has 0 unspecified atom stereocenters. The molecule has 0 saturated carbocycles. The van der Waals surface area contributed by atoms with E-state index in [0.717, 1.165) is 13.2 Å². The summed E-state index contributed by atoms with van der Waals surface area (Å²) in [4.78, 5) is 0. The Morgan fingerprint density at radius 1 is 0.773 bits per heavy atom. The topological polar surface area (TPSA) is 9.23 Å². The van der Waals surface area contributed by atoms with Gasteiger partial charge in [0.05, 0.1) is 16.1 Å². The Kier molecular flexibility index (Phi) is 8.08. The summed E-state index contributed by atoms with van der Waals surface area (Å²) in [6, 6.07) is 12.5. The summed E-state index contributed by atoms with van der Waals surface area (Å²) in [6.45, 7) is 16.2. The standard InChI is InChI=1S/C19H36OSi2/c1-7-9-16-21(3,4)18-11-13-19(14-12-18)22(5,6)17-10-15-20-8-2/h11-14H,7-10,15-17H2,1-6H3. The lowest BCUT2D eigenvalue weighted by Gasteiger charge is -2.26. The molecular formula is C19H36OSi2. The van der Waals surface area contributed by atoms with Gasteiger partial charge in [0.2, 0.25) is 0 Å². The molecule has 3 heteroatoms. The molecule has 0 aliphatic carbocycles. The molecule has 1 rings (SSSR count). The first-order valence-corrected chi connectivity index (χ1v) is 15.4. The number of rotatable bonds is 10. The van der Waals surface area contributed by atoms with Crippen molar-refractivity contribution in [2.75, 3.05) is 13.2 Å². The second-order valence-corrected chi connectivity index (χ2v) is 17.4. The van der Waals surface area contributed by atoms with Gasteiger partial charge in [-0.2, -0.15) is 0 Å². The van der Waals surface area contributed by atoms with Crippen LogP contribution in [0.2, 0.25) is 38.3 Å². The van der Waals surface area contributed by atoms with Crippen LogP contribution in [0.25, 0.3) is 0 Å². The zero-order valence-corrected chi connectivity index (χ0v) is 17.7. The van der Waals surface area contributed by atoms with E-state index in [0.29, 0.717) is 0 Å². The van der Waals surface area contributed by atoms with E-state index in [-0.39, 0.29) is 0 Å². The maximum Gasteiger partial charge on any atom is 0.0807 e. The van der Waals surface area contributed by atoms with Crippen molar-refractivity contribution in [1.29, 1.82) is 0 Å². The van der Waals surface area contributed by atoms with Gasteiger partial charge in [-0.1, -0.05) is 92.7 Å². The fourth-order valence-corrected chi connectivity index (χ4v) is 8.02. The monoisotopic (exact) mass is 336 g/mol. The zero-order chi connectivity index (χ0) is 16.6. The lowest BCUT2D eigenvalue weighted by atomic mass is 10.4. The Bertz CT molecular complexity index is 424. The van der Waals surface area contributed by atoms with Crippen molar-refractivity contribution in [1.82, 2.24) is 0 Å². The van der Waals surface area contributed by atoms with Crippen LogP contribution in [0.3, 0.4) is 0 Å². The van der Waals surface area contributed by atoms with Gasteiger partial charge in [0.25, 0.3) is 0 Å². The lowest BCUT2D eigenvalue weighted by molar-refractivity contribution is 0.148. The van der Waals surface area contributed by atoms with Crippen molar-refractivity contribution >= 4 is 26.5 Å². The average molecular weight is 337 g/mol. The van der Waals surface area contributed by atoms with Crippen LogP contribution in [0.1, 0.15) is 33.1 Å². The largest absolute Gasteiger partial charge is 0.382 e. The van der Waals surface area contributed by atoms with E-state index in [2.05, 4.69) is 64.3 Å². The SMILES string of the molecule is CCCC[Si](C)(C)c1ccc([Si](C)(C)CCCOCC)cc1. The van der Waals surface area contributed by atoms with Gasteiger partial charge in [0.1, 0.15) is 0 Å². The number of hydrogen-bond donors (Lipinski definition) is 0. The second-order valence-electron chi connectivity index (χ2n) is 7.75. The van der Waals surface area contributed by atoms with Crippen molar-refractivity contribution in [3.05, 3.63) is 24.3 Å². The van der Waals surface area contributed by atoms with Gasteiger partial charge in [-0.15, -0.1) is 0 Å². The second kappa shape index (κ2) is 9.04. The minimum atomic E-state index is -1.30. The van der Waals surface area contributed by atoms with E-state index < -0.39 is 16.1 Å². The van der Waals surface area contributed by atoms with E-state index in [1.807, 2.05) is 0 Å². The molecule has 1 nitrogen and oxygen atoms in total. The van der Waals surface area contributed by atoms with Crippen molar-refractivity contribution in [3.63, 3.8) is 0 Å². The van der Waals surface area contributed by atoms with E-state index >= 15 is 0 Å². The number of unbranched alkanes of at least 4 members (excludes halogenated alkanes) is 1. The summed E-state index contributed by atoms with van der Waals surface area (Å²) in [5.41, 5.74) is 0. The molecule has 0 heterocycles. The summed E-state index contributed by atoms with van der Waals surface area (Å²) >= 11 is 0. The normalized spacial score (nSPS) is 12.6. The van der Waals surface area contributed by atoms with Gasteiger partial charge >= 0.3 is 0 Å². The third-order valence-electron chi connectivity index (χ3n) is 4.90. The van der Waals surface area contributed by atoms with Crippen LogP contribution < -0.4 is 10.4 Å². The van der Waals surface area contributed by atoms with Crippen molar-refractivity contribution < 1.29 is 4.74 Å². The van der Waals surface area contributed by atoms with E-state index in [1.165, 1.54) is 31.4 Å². The predicted molar refractivity (Wildman–Crippen MR) is 106 cm³/mol. The van der Waals surface area contributed by atoms with Crippen LogP contribution >= 0.6 is 0 Å². The lowest BCUT2D eigenvalue weighted by Crippen LogP contribution is -2.45. The van der Waals surface area contributed by atoms with Gasteiger partial charge < -0.3 is 4.74 Å². The molecule has 0 amide bonds. The van der Waals surface area contributed by atoms with E-state index in [4.69, 9.17) is 4.74 Å². The molecule has 22 heavy (non-hydrogen) atoms. The molecule has 0 fully saturated rings. The first kappa shape index (κ1) is 19.7. The molecule has 0 saturated heterocycles. The summed E-state index contributed by atoms with van der Waals surface area (Å²) in [5.74, 6) is 0. The molecule has 0 N–H and O–H groups in total. The van der Waals surface area contributed by atoms with Gasteiger partial charge in [-0.05, 0) is 13.3 Å². The Hall–Kier alpha value is -0.386. The molecule has 0 bridgehead atoms. The first-order chi connectivity index (χ1) is 10.3. The van der Waals surface area contributed by atoms with Crippen LogP contribution in [0.5, 0.6) is 0 Å². The maximum atomic E-state index is 5.49. The maximum absolute atomic E-state index is 5.49. The Morgan fingerprint density at radius 2 is 1.23 bits per heavy atom. The Balaban J connectivity index is 2.70. The molecule has 0 radical (unpaired) electrons. The fourth-order valence-electron chi connectivity index (χ4n) is 3.04. The molecule has 1 aromatic carbocycles. The Morgan fingerprint density at radius 3 is 1.64 bits per heavy atom. The van der Waals surface area contributed by atoms with Crippen LogP contribution in [0.4, 0.5) is 0 Å². The highest BCUT2D eigenvalue weighted by atomic mass is 28.3. The summed E-state index contributed by atoms with van der Waals surface area (Å²) < 4.78 is 5.49. The molecule has 0 spiro atoms. The molecular weight excluding hydrogens is 300 g/mol. The number of benzene rings is 1. The van der Waals surface area contributed by atoms with Crippen molar-refractivity contribution in [2.24, 2.45) is 0 Å². The first-order valence-electron chi connectivity index (χ1n) is 9.02. The van der Waals surface area contributed by atoms with Crippen molar-refractivity contribution in [2.45, 2.75) is 71.4 Å². The minimum Gasteiger partial charge on any atom is -0.382 e. The number of hydrogen-bond acceptors (Lipinski definition) is 1. The quantitative estimate of drug-likeness (QED) is 0.443. The van der Waals surface area contributed by atoms with Crippen molar-refractivity contribution in [3.8, 4) is 0 Å².